The molecule has 5 heteroatoms. The lowest BCUT2D eigenvalue weighted by molar-refractivity contribution is -0.118. The maximum absolute atomic E-state index is 13.1. The third-order valence-electron chi connectivity index (χ3n) is 2.74. The molecule has 1 amide bonds. The number of amides is 1. The van der Waals surface area contributed by atoms with E-state index in [1.807, 2.05) is 6.07 Å². The van der Waals surface area contributed by atoms with Crippen molar-refractivity contribution >= 4 is 11.6 Å². The minimum atomic E-state index is -0.789. The summed E-state index contributed by atoms with van der Waals surface area (Å²) in [4.78, 5) is 23.6. The molecule has 0 aliphatic heterocycles. The average molecular weight is 260 g/mol. The number of benzene rings is 1. The first kappa shape index (κ1) is 13.0. The summed E-state index contributed by atoms with van der Waals surface area (Å²) in [6, 6.07) is 10.3. The molecule has 0 fully saturated rings. The van der Waals surface area contributed by atoms with E-state index in [9.17, 15) is 14.0 Å². The summed E-state index contributed by atoms with van der Waals surface area (Å²) in [5, 5.41) is 2.67. The Balaban J connectivity index is 2.20. The number of anilines is 1. The average Bonchev–Trinajstić information content (AvgIpc) is 2.42. The third kappa shape index (κ3) is 3.07. The number of halogens is 1. The number of hydrogen-bond donors (Lipinski definition) is 1. The molecule has 0 aliphatic rings. The summed E-state index contributed by atoms with van der Waals surface area (Å²) in [5.74, 6) is -0.933. The summed E-state index contributed by atoms with van der Waals surface area (Å²) in [6.45, 7) is 1.54. The number of rotatable bonds is 3. The van der Waals surface area contributed by atoms with Crippen molar-refractivity contribution in [3.63, 3.8) is 0 Å². The minimum Gasteiger partial charge on any atom is -0.324 e. The lowest BCUT2D eigenvalue weighted by atomic mass is 10.2. The molecule has 1 aromatic heterocycles. The van der Waals surface area contributed by atoms with Gasteiger partial charge < -0.3 is 9.88 Å². The van der Waals surface area contributed by atoms with Crippen molar-refractivity contribution in [3.05, 3.63) is 64.8 Å². The van der Waals surface area contributed by atoms with Crippen molar-refractivity contribution in [2.24, 2.45) is 0 Å². The third-order valence-corrected chi connectivity index (χ3v) is 2.74. The van der Waals surface area contributed by atoms with Crippen molar-refractivity contribution in [3.8, 4) is 0 Å². The van der Waals surface area contributed by atoms with Gasteiger partial charge in [0.1, 0.15) is 11.9 Å². The van der Waals surface area contributed by atoms with Gasteiger partial charge in [0, 0.05) is 18.0 Å². The molecule has 2 aromatic rings. The van der Waals surface area contributed by atoms with Crippen LogP contribution in [0.25, 0.3) is 0 Å². The van der Waals surface area contributed by atoms with Crippen molar-refractivity contribution in [2.75, 3.05) is 5.32 Å². The van der Waals surface area contributed by atoms with Crippen LogP contribution < -0.4 is 10.9 Å². The summed E-state index contributed by atoms with van der Waals surface area (Å²) in [5.41, 5.74) is 0.209. The Bertz CT molecular complexity index is 637. The number of hydrogen-bond acceptors (Lipinski definition) is 2. The predicted octanol–water partition coefficient (Wildman–Crippen LogP) is 2.19. The summed E-state index contributed by atoms with van der Waals surface area (Å²) in [7, 11) is 0. The van der Waals surface area contributed by atoms with Gasteiger partial charge in [0.25, 0.3) is 5.56 Å². The van der Waals surface area contributed by atoms with Crippen LogP contribution >= 0.6 is 0 Å². The smallest absolute Gasteiger partial charge is 0.251 e. The zero-order chi connectivity index (χ0) is 13.8. The minimum absolute atomic E-state index is 0.376. The van der Waals surface area contributed by atoms with Crippen LogP contribution in [0, 0.1) is 5.82 Å². The Labute approximate surface area is 109 Å². The zero-order valence-corrected chi connectivity index (χ0v) is 10.3. The molecule has 0 saturated carbocycles. The largest absolute Gasteiger partial charge is 0.324 e. The van der Waals surface area contributed by atoms with Gasteiger partial charge in [0.05, 0.1) is 0 Å². The molecular weight excluding hydrogens is 247 g/mol. The van der Waals surface area contributed by atoms with E-state index in [0.717, 1.165) is 22.9 Å². The van der Waals surface area contributed by atoms with E-state index in [1.165, 1.54) is 0 Å². The first-order chi connectivity index (χ1) is 9.08. The lowest BCUT2D eigenvalue weighted by Gasteiger charge is -2.15. The van der Waals surface area contributed by atoms with E-state index in [4.69, 9.17) is 0 Å². The second kappa shape index (κ2) is 5.48. The van der Waals surface area contributed by atoms with Crippen molar-refractivity contribution < 1.29 is 9.18 Å². The Morgan fingerprint density at radius 1 is 1.21 bits per heavy atom. The van der Waals surface area contributed by atoms with Crippen LogP contribution in [-0.2, 0) is 4.79 Å². The number of aromatic nitrogens is 1. The van der Waals surface area contributed by atoms with Crippen LogP contribution in [0.1, 0.15) is 13.0 Å². The van der Waals surface area contributed by atoms with E-state index in [2.05, 4.69) is 5.32 Å². The van der Waals surface area contributed by atoms with Gasteiger partial charge in [-0.1, -0.05) is 18.2 Å². The van der Waals surface area contributed by atoms with Crippen LogP contribution in [-0.4, -0.2) is 10.5 Å². The Morgan fingerprint density at radius 2 is 1.89 bits per heavy atom. The summed E-state index contributed by atoms with van der Waals surface area (Å²) >= 11 is 0. The fourth-order valence-electron chi connectivity index (χ4n) is 1.67. The number of para-hydroxylation sites is 1. The molecule has 19 heavy (non-hydrogen) atoms. The molecule has 0 bridgehead atoms. The van der Waals surface area contributed by atoms with Gasteiger partial charge in [0.15, 0.2) is 0 Å². The highest BCUT2D eigenvalue weighted by atomic mass is 19.1. The number of carbonyl (C=O) groups excluding carboxylic acids is 1. The number of nitrogens with zero attached hydrogens (tertiary/aromatic N) is 1. The highest BCUT2D eigenvalue weighted by molar-refractivity contribution is 5.93. The summed E-state index contributed by atoms with van der Waals surface area (Å²) < 4.78 is 14.2. The van der Waals surface area contributed by atoms with Gasteiger partial charge in [-0.15, -0.1) is 0 Å². The monoisotopic (exact) mass is 260 g/mol. The van der Waals surface area contributed by atoms with Crippen LogP contribution in [0.5, 0.6) is 0 Å². The van der Waals surface area contributed by atoms with Crippen LogP contribution in [0.3, 0.4) is 0 Å². The second-order valence-electron chi connectivity index (χ2n) is 4.12. The van der Waals surface area contributed by atoms with Gasteiger partial charge in [-0.3, -0.25) is 9.59 Å². The zero-order valence-electron chi connectivity index (χ0n) is 10.3. The maximum Gasteiger partial charge on any atom is 0.251 e. The molecule has 4 nitrogen and oxygen atoms in total. The fraction of sp³-hybridized carbons (Fsp3) is 0.143. The van der Waals surface area contributed by atoms with E-state index in [0.29, 0.717) is 5.69 Å². The molecule has 1 atom stereocenters. The van der Waals surface area contributed by atoms with E-state index in [1.54, 1.807) is 31.2 Å². The summed E-state index contributed by atoms with van der Waals surface area (Å²) in [6.07, 6.45) is 1.03. The molecule has 0 saturated heterocycles. The van der Waals surface area contributed by atoms with E-state index >= 15 is 0 Å². The normalized spacial score (nSPS) is 11.9. The highest BCUT2D eigenvalue weighted by Crippen LogP contribution is 2.10. The second-order valence-corrected chi connectivity index (χ2v) is 4.12. The Kier molecular flexibility index (Phi) is 3.75. The molecule has 2 rings (SSSR count). The van der Waals surface area contributed by atoms with Crippen LogP contribution in [0.4, 0.5) is 10.1 Å². The van der Waals surface area contributed by atoms with E-state index in [-0.39, 0.29) is 5.91 Å². The van der Waals surface area contributed by atoms with Gasteiger partial charge in [-0.25, -0.2) is 4.39 Å². The molecule has 0 aliphatic carbocycles. The highest BCUT2D eigenvalue weighted by Gasteiger charge is 2.16. The molecule has 0 radical (unpaired) electrons. The molecular formula is C14H13FN2O2. The molecule has 1 aromatic carbocycles. The molecule has 1 unspecified atom stereocenters. The predicted molar refractivity (Wildman–Crippen MR) is 70.4 cm³/mol. The molecule has 98 valence electrons. The Hall–Kier alpha value is -2.43. The first-order valence-corrected chi connectivity index (χ1v) is 5.81. The number of carbonyl (C=O) groups is 1. The topological polar surface area (TPSA) is 51.1 Å². The number of nitrogens with one attached hydrogen (secondary N) is 1. The molecule has 0 spiro atoms. The van der Waals surface area contributed by atoms with Gasteiger partial charge in [-0.2, -0.15) is 0 Å². The SMILES string of the molecule is CC(C(=O)Nc1ccccc1)n1cc(F)ccc1=O. The quantitative estimate of drug-likeness (QED) is 0.919. The number of pyridine rings is 1. The maximum atomic E-state index is 13.1. The van der Waals surface area contributed by atoms with Gasteiger partial charge in [-0.05, 0) is 25.1 Å². The molecule has 1 N–H and O–H groups in total. The van der Waals surface area contributed by atoms with Crippen molar-refractivity contribution in [2.45, 2.75) is 13.0 Å². The lowest BCUT2D eigenvalue weighted by Crippen LogP contribution is -2.31. The van der Waals surface area contributed by atoms with E-state index < -0.39 is 17.4 Å². The van der Waals surface area contributed by atoms with Crippen molar-refractivity contribution in [1.29, 1.82) is 0 Å². The first-order valence-electron chi connectivity index (χ1n) is 5.81. The van der Waals surface area contributed by atoms with Gasteiger partial charge >= 0.3 is 0 Å². The molecule has 1 heterocycles. The fourth-order valence-corrected chi connectivity index (χ4v) is 1.67. The van der Waals surface area contributed by atoms with Crippen molar-refractivity contribution in [1.82, 2.24) is 4.57 Å². The van der Waals surface area contributed by atoms with Gasteiger partial charge in [0.2, 0.25) is 5.91 Å². The van der Waals surface area contributed by atoms with Crippen LogP contribution in [0.2, 0.25) is 0 Å². The standard InChI is InChI=1S/C14H13FN2O2/c1-10(17-9-11(15)7-8-13(17)18)14(19)16-12-5-3-2-4-6-12/h2-10H,1H3,(H,16,19). The Morgan fingerprint density at radius 3 is 2.58 bits per heavy atom. The van der Waals surface area contributed by atoms with Crippen LogP contribution in [0.15, 0.2) is 53.5 Å².